The fourth-order valence-corrected chi connectivity index (χ4v) is 3.42. The summed E-state index contributed by atoms with van der Waals surface area (Å²) in [5.41, 5.74) is 6.23. The van der Waals surface area contributed by atoms with Crippen molar-refractivity contribution in [2.24, 2.45) is 5.41 Å². The molecule has 0 atom stereocenters. The van der Waals surface area contributed by atoms with Gasteiger partial charge in [-0.1, -0.05) is 18.3 Å². The van der Waals surface area contributed by atoms with Gasteiger partial charge in [-0.15, -0.1) is 0 Å². The molecule has 2 aliphatic rings. The van der Waals surface area contributed by atoms with Gasteiger partial charge >= 0.3 is 0 Å². The molecule has 3 rings (SSSR count). The number of hydrogen-bond acceptors (Lipinski definition) is 5. The number of nitrogens with zero attached hydrogens (tertiary/aromatic N) is 2. The summed E-state index contributed by atoms with van der Waals surface area (Å²) in [6, 6.07) is 0. The molecule has 3 N–H and O–H groups in total. The van der Waals surface area contributed by atoms with Gasteiger partial charge in [-0.2, -0.15) is 0 Å². The van der Waals surface area contributed by atoms with Gasteiger partial charge in [-0.05, 0) is 37.5 Å². The van der Waals surface area contributed by atoms with Gasteiger partial charge in [0.05, 0.1) is 0 Å². The van der Waals surface area contributed by atoms with E-state index in [0.29, 0.717) is 16.1 Å². The van der Waals surface area contributed by atoms with Crippen LogP contribution in [0.1, 0.15) is 48.7 Å². The van der Waals surface area contributed by atoms with Crippen LogP contribution in [0.2, 0.25) is 0 Å². The highest BCUT2D eigenvalue weighted by Gasteiger charge is 2.37. The largest absolute Gasteiger partial charge is 0.382 e. The number of carbonyl (C=O) groups excluding carboxylic acids is 1. The van der Waals surface area contributed by atoms with Gasteiger partial charge in [-0.3, -0.25) is 4.79 Å². The molecule has 0 radical (unpaired) electrons. The first-order valence-corrected chi connectivity index (χ1v) is 8.19. The molecule has 6 heteroatoms. The molecule has 1 aromatic rings. The predicted molar refractivity (Wildman–Crippen MR) is 82.3 cm³/mol. The van der Waals surface area contributed by atoms with Crippen LogP contribution in [0.3, 0.4) is 0 Å². The molecule has 1 aromatic heterocycles. The van der Waals surface area contributed by atoms with Crippen LogP contribution in [0.4, 0.5) is 10.9 Å². The molecule has 1 amide bonds. The van der Waals surface area contributed by atoms with Crippen LogP contribution in [-0.4, -0.2) is 30.5 Å². The quantitative estimate of drug-likeness (QED) is 0.893. The maximum Gasteiger partial charge on any atom is 0.265 e. The van der Waals surface area contributed by atoms with Crippen LogP contribution in [0.15, 0.2) is 0 Å². The minimum absolute atomic E-state index is 0.0728. The smallest absolute Gasteiger partial charge is 0.265 e. The molecular weight excluding hydrogens is 272 g/mol. The van der Waals surface area contributed by atoms with E-state index in [1.807, 2.05) is 0 Å². The molecule has 2 heterocycles. The zero-order valence-electron chi connectivity index (χ0n) is 11.9. The van der Waals surface area contributed by atoms with Crippen molar-refractivity contribution < 1.29 is 4.79 Å². The summed E-state index contributed by atoms with van der Waals surface area (Å²) in [4.78, 5) is 19.4. The Morgan fingerprint density at radius 3 is 2.75 bits per heavy atom. The maximum atomic E-state index is 12.2. The van der Waals surface area contributed by atoms with E-state index in [2.05, 4.69) is 22.1 Å². The predicted octanol–water partition coefficient (Wildman–Crippen LogP) is 2.25. The number of hydrogen-bond donors (Lipinski definition) is 2. The second kappa shape index (κ2) is 5.24. The topological polar surface area (TPSA) is 71.2 Å². The van der Waals surface area contributed by atoms with Crippen molar-refractivity contribution in [1.29, 1.82) is 0 Å². The van der Waals surface area contributed by atoms with Gasteiger partial charge in [0.2, 0.25) is 0 Å². The summed E-state index contributed by atoms with van der Waals surface area (Å²) in [6.45, 7) is 4.98. The number of nitrogen functional groups attached to an aromatic ring is 1. The van der Waals surface area contributed by atoms with Crippen LogP contribution in [0.5, 0.6) is 0 Å². The number of piperidine rings is 1. The Balaban J connectivity index is 1.66. The fraction of sp³-hybridized carbons (Fsp3) is 0.714. The summed E-state index contributed by atoms with van der Waals surface area (Å²) in [7, 11) is 0. The molecule has 1 saturated carbocycles. The molecule has 0 unspecified atom stereocenters. The van der Waals surface area contributed by atoms with Crippen molar-refractivity contribution in [3.05, 3.63) is 4.88 Å². The van der Waals surface area contributed by atoms with Crippen molar-refractivity contribution in [3.8, 4) is 0 Å². The molecule has 2 fully saturated rings. The standard InChI is InChI=1S/C14H22N4OS/c1-14(5-6-14)9-16-12(19)10-11(15)17-13(20-10)18-7-3-2-4-8-18/h2-9,15H2,1H3,(H,16,19). The Labute approximate surface area is 123 Å². The molecule has 1 aliphatic heterocycles. The normalized spacial score (nSPS) is 20.8. The number of nitrogens with one attached hydrogen (secondary N) is 1. The molecule has 5 nitrogen and oxygen atoms in total. The molecule has 0 bridgehead atoms. The second-order valence-electron chi connectivity index (χ2n) is 6.25. The molecule has 1 saturated heterocycles. The number of aromatic nitrogens is 1. The fourth-order valence-electron chi connectivity index (χ4n) is 2.47. The van der Waals surface area contributed by atoms with E-state index in [0.717, 1.165) is 24.8 Å². The van der Waals surface area contributed by atoms with Gasteiger partial charge in [0.25, 0.3) is 5.91 Å². The van der Waals surface area contributed by atoms with Crippen molar-refractivity contribution >= 4 is 28.2 Å². The first kappa shape index (κ1) is 13.7. The lowest BCUT2D eigenvalue weighted by molar-refractivity contribution is 0.0951. The molecule has 1 aliphatic carbocycles. The number of anilines is 2. The van der Waals surface area contributed by atoms with Crippen molar-refractivity contribution in [3.63, 3.8) is 0 Å². The van der Waals surface area contributed by atoms with E-state index in [4.69, 9.17) is 5.73 Å². The zero-order valence-corrected chi connectivity index (χ0v) is 12.8. The SMILES string of the molecule is CC1(CNC(=O)c2sc(N3CCCCC3)nc2N)CC1. The third-order valence-electron chi connectivity index (χ3n) is 4.25. The molecular formula is C14H22N4OS. The third kappa shape index (κ3) is 2.90. The minimum atomic E-state index is -0.0728. The summed E-state index contributed by atoms with van der Waals surface area (Å²) in [5.74, 6) is 0.297. The van der Waals surface area contributed by atoms with Crippen molar-refractivity contribution in [2.75, 3.05) is 30.3 Å². The van der Waals surface area contributed by atoms with Crippen LogP contribution >= 0.6 is 11.3 Å². The number of carbonyl (C=O) groups is 1. The Hall–Kier alpha value is -1.30. The molecule has 0 spiro atoms. The van der Waals surface area contributed by atoms with Crippen LogP contribution in [-0.2, 0) is 0 Å². The van der Waals surface area contributed by atoms with E-state index in [1.54, 1.807) is 0 Å². The summed E-state index contributed by atoms with van der Waals surface area (Å²) < 4.78 is 0. The lowest BCUT2D eigenvalue weighted by atomic mass is 10.1. The Bertz CT molecular complexity index is 503. The average Bonchev–Trinajstić information content (AvgIpc) is 3.07. The maximum absolute atomic E-state index is 12.2. The third-order valence-corrected chi connectivity index (χ3v) is 5.38. The van der Waals surface area contributed by atoms with E-state index in [9.17, 15) is 4.79 Å². The van der Waals surface area contributed by atoms with Gasteiger partial charge in [0.1, 0.15) is 10.7 Å². The van der Waals surface area contributed by atoms with Gasteiger partial charge in [-0.25, -0.2) is 4.98 Å². The second-order valence-corrected chi connectivity index (χ2v) is 7.23. The van der Waals surface area contributed by atoms with E-state index in [-0.39, 0.29) is 5.91 Å². The highest BCUT2D eigenvalue weighted by atomic mass is 32.1. The molecule has 110 valence electrons. The van der Waals surface area contributed by atoms with Crippen LogP contribution in [0.25, 0.3) is 0 Å². The van der Waals surface area contributed by atoms with Crippen LogP contribution < -0.4 is 16.0 Å². The number of thiazole rings is 1. The Morgan fingerprint density at radius 2 is 2.10 bits per heavy atom. The zero-order chi connectivity index (χ0) is 14.2. The lowest BCUT2D eigenvalue weighted by Gasteiger charge is -2.25. The molecule has 20 heavy (non-hydrogen) atoms. The van der Waals surface area contributed by atoms with Gasteiger partial charge < -0.3 is 16.0 Å². The monoisotopic (exact) mass is 294 g/mol. The van der Waals surface area contributed by atoms with Crippen LogP contribution in [0, 0.1) is 5.41 Å². The summed E-state index contributed by atoms with van der Waals surface area (Å²) in [6.07, 6.45) is 6.07. The van der Waals surface area contributed by atoms with E-state index < -0.39 is 0 Å². The number of rotatable bonds is 4. The van der Waals surface area contributed by atoms with Gasteiger partial charge in [0.15, 0.2) is 5.13 Å². The minimum Gasteiger partial charge on any atom is -0.382 e. The Kier molecular flexibility index (Phi) is 3.58. The lowest BCUT2D eigenvalue weighted by Crippen LogP contribution is -2.29. The van der Waals surface area contributed by atoms with Crippen molar-refractivity contribution in [2.45, 2.75) is 39.0 Å². The first-order valence-electron chi connectivity index (χ1n) is 7.37. The summed E-state index contributed by atoms with van der Waals surface area (Å²) in [5, 5.41) is 3.88. The first-order chi connectivity index (χ1) is 9.57. The highest BCUT2D eigenvalue weighted by Crippen LogP contribution is 2.44. The average molecular weight is 294 g/mol. The van der Waals surface area contributed by atoms with E-state index in [1.165, 1.54) is 43.4 Å². The van der Waals surface area contributed by atoms with E-state index >= 15 is 0 Å². The number of nitrogens with two attached hydrogens (primary N) is 1. The number of amides is 1. The highest BCUT2D eigenvalue weighted by molar-refractivity contribution is 7.18. The van der Waals surface area contributed by atoms with Gasteiger partial charge in [0, 0.05) is 19.6 Å². The summed E-state index contributed by atoms with van der Waals surface area (Å²) >= 11 is 1.42. The Morgan fingerprint density at radius 1 is 1.40 bits per heavy atom. The molecule has 0 aromatic carbocycles. The van der Waals surface area contributed by atoms with Crippen molar-refractivity contribution in [1.82, 2.24) is 10.3 Å².